The summed E-state index contributed by atoms with van der Waals surface area (Å²) in [5.74, 6) is -0.887. The van der Waals surface area contributed by atoms with Crippen LogP contribution < -0.4 is 10.1 Å². The molecule has 0 aliphatic rings. The monoisotopic (exact) mass is 403 g/mol. The highest BCUT2D eigenvalue weighted by atomic mass is 16.5. The zero-order valence-corrected chi connectivity index (χ0v) is 16.7. The van der Waals surface area contributed by atoms with Crippen LogP contribution in [-0.2, 0) is 14.3 Å². The first-order chi connectivity index (χ1) is 14.4. The molecule has 0 saturated heterocycles. The van der Waals surface area contributed by atoms with Crippen LogP contribution in [0.4, 0.5) is 5.69 Å². The third-order valence-corrected chi connectivity index (χ3v) is 4.32. The van der Waals surface area contributed by atoms with Gasteiger partial charge in [-0.2, -0.15) is 0 Å². The first-order valence-electron chi connectivity index (χ1n) is 9.34. The largest absolute Gasteiger partial charge is 0.452 e. The number of benzene rings is 3. The Hall–Kier alpha value is -3.93. The third kappa shape index (κ3) is 5.54. The number of carbonyl (C=O) groups is 3. The lowest BCUT2D eigenvalue weighted by Gasteiger charge is -2.09. The summed E-state index contributed by atoms with van der Waals surface area (Å²) in [5.41, 5.74) is 3.75. The smallest absolute Gasteiger partial charge is 0.338 e. The molecule has 1 N–H and O–H groups in total. The highest BCUT2D eigenvalue weighted by molar-refractivity contribution is 5.96. The van der Waals surface area contributed by atoms with Gasteiger partial charge in [-0.25, -0.2) is 4.79 Å². The molecule has 0 unspecified atom stereocenters. The van der Waals surface area contributed by atoms with Gasteiger partial charge < -0.3 is 14.8 Å². The van der Waals surface area contributed by atoms with Gasteiger partial charge in [0.1, 0.15) is 5.75 Å². The van der Waals surface area contributed by atoms with E-state index in [2.05, 4.69) is 5.32 Å². The Kier molecular flexibility index (Phi) is 6.60. The molecule has 0 spiro atoms. The SMILES string of the molecule is CC(=O)Oc1ccc(-c2ccc(C(=O)OCC(=O)Nc3ccccc3C)cc2)cc1. The zero-order valence-electron chi connectivity index (χ0n) is 16.7. The van der Waals surface area contributed by atoms with Crippen molar-refractivity contribution in [1.82, 2.24) is 0 Å². The minimum atomic E-state index is -0.577. The van der Waals surface area contributed by atoms with E-state index in [1.807, 2.05) is 37.3 Å². The number of amides is 1. The molecule has 0 aromatic heterocycles. The number of esters is 2. The summed E-state index contributed by atoms with van der Waals surface area (Å²) in [7, 11) is 0. The molecule has 0 aliphatic heterocycles. The summed E-state index contributed by atoms with van der Waals surface area (Å²) in [6.07, 6.45) is 0. The number of hydrogen-bond donors (Lipinski definition) is 1. The lowest BCUT2D eigenvalue weighted by molar-refractivity contribution is -0.131. The number of ether oxygens (including phenoxy) is 2. The Labute approximate surface area is 174 Å². The zero-order chi connectivity index (χ0) is 21.5. The van der Waals surface area contributed by atoms with Crippen molar-refractivity contribution in [2.24, 2.45) is 0 Å². The van der Waals surface area contributed by atoms with E-state index in [1.54, 1.807) is 42.5 Å². The molecule has 30 heavy (non-hydrogen) atoms. The van der Waals surface area contributed by atoms with Crippen LogP contribution in [0.15, 0.2) is 72.8 Å². The van der Waals surface area contributed by atoms with Crippen molar-refractivity contribution in [3.8, 4) is 16.9 Å². The quantitative estimate of drug-likeness (QED) is 0.488. The first kappa shape index (κ1) is 20.8. The van der Waals surface area contributed by atoms with Gasteiger partial charge in [0.05, 0.1) is 5.56 Å². The minimum absolute atomic E-state index is 0.346. The number of hydrogen-bond acceptors (Lipinski definition) is 5. The van der Waals surface area contributed by atoms with E-state index in [0.717, 1.165) is 16.7 Å². The number of rotatable bonds is 6. The summed E-state index contributed by atoms with van der Waals surface area (Å²) in [4.78, 5) is 35.2. The van der Waals surface area contributed by atoms with E-state index >= 15 is 0 Å². The van der Waals surface area contributed by atoms with Crippen LogP contribution in [0.3, 0.4) is 0 Å². The molecule has 1 amide bonds. The lowest BCUT2D eigenvalue weighted by Crippen LogP contribution is -2.21. The normalized spacial score (nSPS) is 10.2. The molecule has 0 aliphatic carbocycles. The van der Waals surface area contributed by atoms with Gasteiger partial charge in [0.2, 0.25) is 0 Å². The van der Waals surface area contributed by atoms with Crippen LogP contribution in [0, 0.1) is 6.92 Å². The Morgan fingerprint density at radius 2 is 1.43 bits per heavy atom. The van der Waals surface area contributed by atoms with E-state index in [4.69, 9.17) is 9.47 Å². The molecule has 0 heterocycles. The molecule has 6 nitrogen and oxygen atoms in total. The van der Waals surface area contributed by atoms with Crippen molar-refractivity contribution in [2.45, 2.75) is 13.8 Å². The van der Waals surface area contributed by atoms with Crippen LogP contribution in [0.2, 0.25) is 0 Å². The molecular formula is C24H21NO5. The van der Waals surface area contributed by atoms with Crippen LogP contribution in [-0.4, -0.2) is 24.5 Å². The number of nitrogens with one attached hydrogen (secondary N) is 1. The number of para-hydroxylation sites is 1. The van der Waals surface area contributed by atoms with Gasteiger partial charge in [0, 0.05) is 12.6 Å². The second kappa shape index (κ2) is 9.52. The fourth-order valence-corrected chi connectivity index (χ4v) is 2.79. The average molecular weight is 403 g/mol. The molecule has 0 fully saturated rings. The minimum Gasteiger partial charge on any atom is -0.452 e. The van der Waals surface area contributed by atoms with E-state index < -0.39 is 11.9 Å². The molecule has 0 saturated carbocycles. The van der Waals surface area contributed by atoms with Gasteiger partial charge >= 0.3 is 11.9 Å². The summed E-state index contributed by atoms with van der Waals surface area (Å²) in [6, 6.07) is 21.2. The van der Waals surface area contributed by atoms with Crippen molar-refractivity contribution in [3.05, 3.63) is 83.9 Å². The molecule has 0 atom stereocenters. The number of anilines is 1. The topological polar surface area (TPSA) is 81.7 Å². The van der Waals surface area contributed by atoms with Crippen molar-refractivity contribution >= 4 is 23.5 Å². The van der Waals surface area contributed by atoms with E-state index in [-0.39, 0.29) is 12.6 Å². The fraction of sp³-hybridized carbons (Fsp3) is 0.125. The molecule has 3 aromatic rings. The highest BCUT2D eigenvalue weighted by Gasteiger charge is 2.11. The third-order valence-electron chi connectivity index (χ3n) is 4.32. The van der Waals surface area contributed by atoms with Crippen molar-refractivity contribution in [2.75, 3.05) is 11.9 Å². The Morgan fingerprint density at radius 1 is 0.833 bits per heavy atom. The number of aryl methyl sites for hydroxylation is 1. The maximum Gasteiger partial charge on any atom is 0.338 e. The average Bonchev–Trinajstić information content (AvgIpc) is 2.74. The van der Waals surface area contributed by atoms with E-state index in [9.17, 15) is 14.4 Å². The molecule has 152 valence electrons. The molecule has 0 radical (unpaired) electrons. The van der Waals surface area contributed by atoms with Crippen molar-refractivity contribution in [3.63, 3.8) is 0 Å². The second-order valence-corrected chi connectivity index (χ2v) is 6.63. The maximum absolute atomic E-state index is 12.2. The molecule has 0 bridgehead atoms. The van der Waals surface area contributed by atoms with Gasteiger partial charge in [0.15, 0.2) is 6.61 Å². The summed E-state index contributed by atoms with van der Waals surface area (Å²) in [5, 5.41) is 2.72. The number of carbonyl (C=O) groups excluding carboxylic acids is 3. The Balaban J connectivity index is 1.56. The summed E-state index contributed by atoms with van der Waals surface area (Å²) < 4.78 is 10.1. The molecule has 6 heteroatoms. The van der Waals surface area contributed by atoms with Crippen LogP contribution in [0.5, 0.6) is 5.75 Å². The fourth-order valence-electron chi connectivity index (χ4n) is 2.79. The van der Waals surface area contributed by atoms with E-state index in [0.29, 0.717) is 17.0 Å². The van der Waals surface area contributed by atoms with Crippen LogP contribution in [0.25, 0.3) is 11.1 Å². The predicted octanol–water partition coefficient (Wildman–Crippen LogP) is 4.38. The van der Waals surface area contributed by atoms with E-state index in [1.165, 1.54) is 6.92 Å². The summed E-state index contributed by atoms with van der Waals surface area (Å²) >= 11 is 0. The first-order valence-corrected chi connectivity index (χ1v) is 9.34. The van der Waals surface area contributed by atoms with Gasteiger partial charge in [-0.15, -0.1) is 0 Å². The van der Waals surface area contributed by atoms with Gasteiger partial charge in [0.25, 0.3) is 5.91 Å². The lowest BCUT2D eigenvalue weighted by atomic mass is 10.0. The van der Waals surface area contributed by atoms with Gasteiger partial charge in [-0.3, -0.25) is 9.59 Å². The Bertz CT molecular complexity index is 1060. The van der Waals surface area contributed by atoms with Gasteiger partial charge in [-0.1, -0.05) is 42.5 Å². The Morgan fingerprint density at radius 3 is 2.03 bits per heavy atom. The van der Waals surface area contributed by atoms with Crippen LogP contribution >= 0.6 is 0 Å². The van der Waals surface area contributed by atoms with Crippen molar-refractivity contribution < 1.29 is 23.9 Å². The maximum atomic E-state index is 12.2. The second-order valence-electron chi connectivity index (χ2n) is 6.63. The highest BCUT2D eigenvalue weighted by Crippen LogP contribution is 2.23. The van der Waals surface area contributed by atoms with Crippen molar-refractivity contribution in [1.29, 1.82) is 0 Å². The molecule has 3 aromatic carbocycles. The van der Waals surface area contributed by atoms with Gasteiger partial charge in [-0.05, 0) is 53.9 Å². The molecular weight excluding hydrogens is 382 g/mol. The predicted molar refractivity (Wildman–Crippen MR) is 113 cm³/mol. The molecule has 3 rings (SSSR count). The standard InChI is InChI=1S/C24H21NO5/c1-16-5-3-4-6-22(16)25-23(27)15-29-24(28)20-9-7-18(8-10-20)19-11-13-21(14-12-19)30-17(2)26/h3-14H,15H2,1-2H3,(H,25,27). The summed E-state index contributed by atoms with van der Waals surface area (Å²) in [6.45, 7) is 2.86. The van der Waals surface area contributed by atoms with Crippen LogP contribution in [0.1, 0.15) is 22.8 Å².